The van der Waals surface area contributed by atoms with Crippen LogP contribution in [0, 0.1) is 11.8 Å². The molecule has 7 rings (SSSR count). The standard InChI is InChI=1S/C39H40BrN3O8/c1-49-23-29-33(25-12-4-2-5-13-25)50-38(48)31-32-36(46)43(19-10-20-44)35(39(32)22-28(40)34(31)51-39)37(47)42(18-9-3-6-15-30(45)41-29)27-17-16-24-11-7-8-14-26(24)21-27/h2-5,7-9,11-14,16-17,21-22,29,31-35,44H,6,10,15,18-20,23H2,1H3,(H,41,45)/b9-3-/t29-,31+,32-,33-,34+,35+,39-/m0/s1. The van der Waals surface area contributed by atoms with Crippen LogP contribution >= 0.6 is 15.9 Å². The molecule has 0 saturated carbocycles. The normalized spacial score (nSPS) is 30.3. The van der Waals surface area contributed by atoms with Crippen molar-refractivity contribution in [2.75, 3.05) is 38.3 Å². The fourth-order valence-electron chi connectivity index (χ4n) is 7.97. The van der Waals surface area contributed by atoms with Gasteiger partial charge in [-0.25, -0.2) is 0 Å². The van der Waals surface area contributed by atoms with E-state index in [2.05, 4.69) is 21.2 Å². The number of methoxy groups -OCH3 is 1. The molecule has 4 heterocycles. The summed E-state index contributed by atoms with van der Waals surface area (Å²) in [6.07, 6.45) is 4.41. The first kappa shape index (κ1) is 35.1. The summed E-state index contributed by atoms with van der Waals surface area (Å²) in [5, 5.41) is 14.8. The Hall–Kier alpha value is -4.36. The van der Waals surface area contributed by atoms with Crippen LogP contribution in [0.2, 0.25) is 0 Å². The number of carbonyl (C=O) groups is 4. The molecule has 1 spiro atoms. The summed E-state index contributed by atoms with van der Waals surface area (Å²) in [4.78, 5) is 60.5. The van der Waals surface area contributed by atoms with Gasteiger partial charge >= 0.3 is 5.97 Å². The number of aliphatic hydroxyl groups is 1. The Balaban J connectivity index is 1.35. The summed E-state index contributed by atoms with van der Waals surface area (Å²) in [6, 6.07) is 20.8. The number of halogens is 1. The smallest absolute Gasteiger partial charge is 0.313 e. The van der Waals surface area contributed by atoms with Crippen molar-refractivity contribution in [1.82, 2.24) is 10.2 Å². The number of fused-ring (bicyclic) bond motifs is 3. The van der Waals surface area contributed by atoms with Gasteiger partial charge in [-0.3, -0.25) is 19.2 Å². The monoisotopic (exact) mass is 757 g/mol. The molecule has 11 nitrogen and oxygen atoms in total. The average molecular weight is 759 g/mol. The van der Waals surface area contributed by atoms with Crippen LogP contribution in [0.15, 0.2) is 95.5 Å². The zero-order valence-corrected chi connectivity index (χ0v) is 29.7. The number of aliphatic hydroxyl groups excluding tert-OH is 1. The molecular formula is C39H40BrN3O8. The van der Waals surface area contributed by atoms with Crippen LogP contribution in [0.4, 0.5) is 5.69 Å². The molecule has 4 aliphatic heterocycles. The molecule has 0 aliphatic carbocycles. The molecule has 0 unspecified atom stereocenters. The van der Waals surface area contributed by atoms with Gasteiger partial charge in [-0.05, 0) is 47.4 Å². The molecule has 5 bridgehead atoms. The van der Waals surface area contributed by atoms with E-state index >= 15 is 4.79 Å². The molecule has 7 atom stereocenters. The zero-order chi connectivity index (χ0) is 35.7. The summed E-state index contributed by atoms with van der Waals surface area (Å²) >= 11 is 3.61. The zero-order valence-electron chi connectivity index (χ0n) is 28.2. The van der Waals surface area contributed by atoms with E-state index in [1.54, 1.807) is 23.1 Å². The number of likely N-dealkylation sites (tertiary alicyclic amines) is 1. The van der Waals surface area contributed by atoms with Gasteiger partial charge in [0.2, 0.25) is 11.8 Å². The highest BCUT2D eigenvalue weighted by Crippen LogP contribution is 2.59. The number of nitrogens with one attached hydrogen (secondary N) is 1. The molecule has 0 aromatic heterocycles. The number of hydrogen-bond acceptors (Lipinski definition) is 8. The van der Waals surface area contributed by atoms with Crippen LogP contribution in [-0.2, 0) is 33.4 Å². The van der Waals surface area contributed by atoms with E-state index in [0.717, 1.165) is 10.8 Å². The van der Waals surface area contributed by atoms with Crippen LogP contribution in [0.5, 0.6) is 0 Å². The Kier molecular flexibility index (Phi) is 10.1. The second kappa shape index (κ2) is 14.7. The Morgan fingerprint density at radius 3 is 2.49 bits per heavy atom. The third kappa shape index (κ3) is 6.39. The lowest BCUT2D eigenvalue weighted by molar-refractivity contribution is -0.162. The van der Waals surface area contributed by atoms with Crippen molar-refractivity contribution in [3.8, 4) is 0 Å². The molecular weight excluding hydrogens is 718 g/mol. The molecule has 51 heavy (non-hydrogen) atoms. The number of nitrogens with zero attached hydrogens (tertiary/aromatic N) is 2. The van der Waals surface area contributed by atoms with Gasteiger partial charge in [-0.2, -0.15) is 0 Å². The van der Waals surface area contributed by atoms with Crippen LogP contribution in [0.25, 0.3) is 10.8 Å². The first-order valence-corrected chi connectivity index (χ1v) is 18.0. The van der Waals surface area contributed by atoms with Gasteiger partial charge in [0.15, 0.2) is 0 Å². The van der Waals surface area contributed by atoms with Crippen molar-refractivity contribution in [3.05, 3.63) is 101 Å². The number of amides is 3. The van der Waals surface area contributed by atoms with E-state index in [1.807, 2.05) is 72.8 Å². The van der Waals surface area contributed by atoms with E-state index in [9.17, 15) is 19.5 Å². The Morgan fingerprint density at radius 2 is 1.73 bits per heavy atom. The van der Waals surface area contributed by atoms with Gasteiger partial charge in [-0.1, -0.05) is 88.7 Å². The van der Waals surface area contributed by atoms with E-state index in [0.29, 0.717) is 22.2 Å². The Morgan fingerprint density at radius 1 is 0.961 bits per heavy atom. The maximum absolute atomic E-state index is 15.1. The minimum atomic E-state index is -1.48. The number of ether oxygens (including phenoxy) is 3. The third-order valence-corrected chi connectivity index (χ3v) is 10.9. The molecule has 2 saturated heterocycles. The lowest BCUT2D eigenvalue weighted by Crippen LogP contribution is -2.56. The van der Waals surface area contributed by atoms with Crippen molar-refractivity contribution in [2.45, 2.75) is 49.2 Å². The Labute approximate surface area is 304 Å². The van der Waals surface area contributed by atoms with Crippen molar-refractivity contribution in [2.24, 2.45) is 11.8 Å². The van der Waals surface area contributed by atoms with Gasteiger partial charge in [0, 0.05) is 43.4 Å². The maximum Gasteiger partial charge on any atom is 0.313 e. The first-order valence-electron chi connectivity index (χ1n) is 17.2. The van der Waals surface area contributed by atoms with Crippen LogP contribution in [0.3, 0.4) is 0 Å². The Bertz CT molecular complexity index is 1880. The predicted octanol–water partition coefficient (Wildman–Crippen LogP) is 4.19. The van der Waals surface area contributed by atoms with Crippen molar-refractivity contribution in [1.29, 1.82) is 0 Å². The number of carbonyl (C=O) groups excluding carboxylic acids is 4. The van der Waals surface area contributed by atoms with Crippen LogP contribution in [0.1, 0.15) is 30.9 Å². The second-order valence-corrected chi connectivity index (χ2v) is 14.2. The SMILES string of the molecule is COC[C@@H]1NC(=O)CC/C=C\CN(c2ccc3ccccc3c2)C(=O)[C@H]2N(CCCO)C(=O)[C@@H]3[C@@H](C(=O)O[C@H]1c1ccccc1)[C@@H]1O[C@@]32C=C1Br. The molecule has 0 radical (unpaired) electrons. The highest BCUT2D eigenvalue weighted by molar-refractivity contribution is 9.11. The van der Waals surface area contributed by atoms with Gasteiger partial charge in [0.25, 0.3) is 5.91 Å². The quantitative estimate of drug-likeness (QED) is 0.271. The number of anilines is 1. The van der Waals surface area contributed by atoms with Crippen molar-refractivity contribution < 1.29 is 38.5 Å². The summed E-state index contributed by atoms with van der Waals surface area (Å²) in [7, 11) is 1.51. The summed E-state index contributed by atoms with van der Waals surface area (Å²) in [5.41, 5.74) is -0.222. The number of hydrogen-bond donors (Lipinski definition) is 2. The van der Waals surface area contributed by atoms with Gasteiger partial charge in [0.05, 0.1) is 18.6 Å². The molecule has 3 aromatic rings. The molecule has 2 fully saturated rings. The second-order valence-electron chi connectivity index (χ2n) is 13.3. The summed E-state index contributed by atoms with van der Waals surface area (Å²) in [5.74, 6) is -3.93. The number of esters is 1. The van der Waals surface area contributed by atoms with Crippen molar-refractivity contribution >= 4 is 56.1 Å². The maximum atomic E-state index is 15.1. The molecule has 4 aliphatic rings. The third-order valence-electron chi connectivity index (χ3n) is 10.2. The minimum absolute atomic E-state index is 0.0567. The van der Waals surface area contributed by atoms with Crippen LogP contribution in [-0.4, -0.2) is 90.9 Å². The fourth-order valence-corrected chi connectivity index (χ4v) is 8.70. The van der Waals surface area contributed by atoms with E-state index in [4.69, 9.17) is 14.2 Å². The number of cyclic esters (lactones) is 1. The topological polar surface area (TPSA) is 135 Å². The average Bonchev–Trinajstić information content (AvgIpc) is 3.73. The molecule has 3 aromatic carbocycles. The molecule has 2 N–H and O–H groups in total. The van der Waals surface area contributed by atoms with E-state index in [1.165, 1.54) is 12.0 Å². The largest absolute Gasteiger partial charge is 0.455 e. The van der Waals surface area contributed by atoms with E-state index < -0.39 is 53.6 Å². The first-order chi connectivity index (χ1) is 24.8. The lowest BCUT2D eigenvalue weighted by atomic mass is 9.74. The molecule has 3 amide bonds. The fraction of sp³-hybridized carbons (Fsp3) is 0.385. The highest BCUT2D eigenvalue weighted by atomic mass is 79.9. The van der Waals surface area contributed by atoms with Crippen LogP contribution < -0.4 is 10.2 Å². The van der Waals surface area contributed by atoms with Crippen molar-refractivity contribution in [3.63, 3.8) is 0 Å². The number of allylic oxidation sites excluding steroid dienone is 1. The van der Waals surface area contributed by atoms with Gasteiger partial charge in [-0.15, -0.1) is 0 Å². The number of benzene rings is 3. The molecule has 266 valence electrons. The lowest BCUT2D eigenvalue weighted by Gasteiger charge is -2.36. The number of rotatable bonds is 7. The van der Waals surface area contributed by atoms with E-state index in [-0.39, 0.29) is 51.0 Å². The molecule has 12 heteroatoms. The van der Waals surface area contributed by atoms with Gasteiger partial charge < -0.3 is 34.4 Å². The predicted molar refractivity (Wildman–Crippen MR) is 193 cm³/mol. The van der Waals surface area contributed by atoms with Gasteiger partial charge in [0.1, 0.15) is 29.8 Å². The summed E-state index contributed by atoms with van der Waals surface area (Å²) in [6.45, 7) is 0.0991. The summed E-state index contributed by atoms with van der Waals surface area (Å²) < 4.78 is 19.0. The highest BCUT2D eigenvalue weighted by Gasteiger charge is 2.75. The minimum Gasteiger partial charge on any atom is -0.455 e.